The zero-order valence-corrected chi connectivity index (χ0v) is 12.2. The van der Waals surface area contributed by atoms with E-state index in [-0.39, 0.29) is 6.04 Å². The standard InChI is InChI=1S/C14H22N2O2S/c1-16(14-7-9-19(17,18)11-14)10-13-5-3-2-4-12(13)6-8-15/h2-5,14H,6-11,15H2,1H3. The van der Waals surface area contributed by atoms with Gasteiger partial charge in [-0.1, -0.05) is 24.3 Å². The van der Waals surface area contributed by atoms with E-state index in [0.29, 0.717) is 18.1 Å². The summed E-state index contributed by atoms with van der Waals surface area (Å²) >= 11 is 0. The van der Waals surface area contributed by atoms with E-state index in [1.807, 2.05) is 19.2 Å². The lowest BCUT2D eigenvalue weighted by molar-refractivity contribution is 0.253. The number of hydrogen-bond acceptors (Lipinski definition) is 4. The average molecular weight is 282 g/mol. The van der Waals surface area contributed by atoms with Gasteiger partial charge in [0.25, 0.3) is 0 Å². The van der Waals surface area contributed by atoms with Gasteiger partial charge >= 0.3 is 0 Å². The van der Waals surface area contributed by atoms with Gasteiger partial charge in [0.2, 0.25) is 0 Å². The van der Waals surface area contributed by atoms with E-state index in [4.69, 9.17) is 5.73 Å². The van der Waals surface area contributed by atoms with Crippen LogP contribution in [0, 0.1) is 0 Å². The zero-order chi connectivity index (χ0) is 13.9. The fourth-order valence-electron chi connectivity index (χ4n) is 2.63. The molecule has 0 radical (unpaired) electrons. The Morgan fingerprint density at radius 2 is 2.00 bits per heavy atom. The third-order valence-electron chi connectivity index (χ3n) is 3.78. The number of rotatable bonds is 5. The summed E-state index contributed by atoms with van der Waals surface area (Å²) in [6.07, 6.45) is 1.62. The predicted molar refractivity (Wildman–Crippen MR) is 77.7 cm³/mol. The monoisotopic (exact) mass is 282 g/mol. The second kappa shape index (κ2) is 6.03. The van der Waals surface area contributed by atoms with Gasteiger partial charge in [-0.15, -0.1) is 0 Å². The molecule has 1 aliphatic rings. The summed E-state index contributed by atoms with van der Waals surface area (Å²) in [6.45, 7) is 1.43. The van der Waals surface area contributed by atoms with Crippen molar-refractivity contribution in [1.29, 1.82) is 0 Å². The van der Waals surface area contributed by atoms with Crippen molar-refractivity contribution in [2.75, 3.05) is 25.1 Å². The highest BCUT2D eigenvalue weighted by atomic mass is 32.2. The molecule has 0 aliphatic carbocycles. The summed E-state index contributed by atoms with van der Waals surface area (Å²) in [4.78, 5) is 2.15. The molecule has 19 heavy (non-hydrogen) atoms. The lowest BCUT2D eigenvalue weighted by atomic mass is 10.0. The van der Waals surface area contributed by atoms with Crippen molar-refractivity contribution in [3.05, 3.63) is 35.4 Å². The smallest absolute Gasteiger partial charge is 0.151 e. The molecule has 1 aromatic rings. The van der Waals surface area contributed by atoms with Crippen molar-refractivity contribution in [1.82, 2.24) is 4.90 Å². The molecule has 0 aromatic heterocycles. The van der Waals surface area contributed by atoms with Gasteiger partial charge in [0.1, 0.15) is 0 Å². The van der Waals surface area contributed by atoms with Crippen LogP contribution in [0.4, 0.5) is 0 Å². The van der Waals surface area contributed by atoms with Crippen molar-refractivity contribution in [3.8, 4) is 0 Å². The largest absolute Gasteiger partial charge is 0.330 e. The van der Waals surface area contributed by atoms with Crippen molar-refractivity contribution < 1.29 is 8.42 Å². The van der Waals surface area contributed by atoms with Crippen LogP contribution in [-0.2, 0) is 22.8 Å². The molecule has 1 unspecified atom stereocenters. The number of nitrogens with two attached hydrogens (primary N) is 1. The Morgan fingerprint density at radius 1 is 1.32 bits per heavy atom. The van der Waals surface area contributed by atoms with E-state index in [1.165, 1.54) is 11.1 Å². The first-order valence-corrected chi connectivity index (χ1v) is 8.51. The van der Waals surface area contributed by atoms with Crippen molar-refractivity contribution >= 4 is 9.84 Å². The molecule has 0 saturated carbocycles. The van der Waals surface area contributed by atoms with E-state index in [0.717, 1.165) is 19.4 Å². The van der Waals surface area contributed by atoms with Crippen molar-refractivity contribution in [2.45, 2.75) is 25.4 Å². The van der Waals surface area contributed by atoms with Gasteiger partial charge in [0.15, 0.2) is 9.84 Å². The van der Waals surface area contributed by atoms with Crippen molar-refractivity contribution in [3.63, 3.8) is 0 Å². The molecule has 1 saturated heterocycles. The topological polar surface area (TPSA) is 63.4 Å². The van der Waals surface area contributed by atoms with Gasteiger partial charge in [-0.3, -0.25) is 4.90 Å². The highest BCUT2D eigenvalue weighted by molar-refractivity contribution is 7.91. The van der Waals surface area contributed by atoms with Gasteiger partial charge in [-0.2, -0.15) is 0 Å². The van der Waals surface area contributed by atoms with Gasteiger partial charge < -0.3 is 5.73 Å². The first-order chi connectivity index (χ1) is 9.02. The fourth-order valence-corrected chi connectivity index (χ4v) is 4.44. The minimum absolute atomic E-state index is 0.149. The molecule has 4 nitrogen and oxygen atoms in total. The maximum Gasteiger partial charge on any atom is 0.151 e. The summed E-state index contributed by atoms with van der Waals surface area (Å²) in [5.41, 5.74) is 8.14. The van der Waals surface area contributed by atoms with E-state index < -0.39 is 9.84 Å². The third kappa shape index (κ3) is 3.78. The second-order valence-electron chi connectivity index (χ2n) is 5.28. The minimum Gasteiger partial charge on any atom is -0.330 e. The molecule has 1 aliphatic heterocycles. The van der Waals surface area contributed by atoms with Crippen LogP contribution in [0.1, 0.15) is 17.5 Å². The first kappa shape index (κ1) is 14.5. The van der Waals surface area contributed by atoms with Crippen LogP contribution in [0.5, 0.6) is 0 Å². The lowest BCUT2D eigenvalue weighted by Gasteiger charge is -2.24. The summed E-state index contributed by atoms with van der Waals surface area (Å²) in [5, 5.41) is 0. The molecule has 1 heterocycles. The van der Waals surface area contributed by atoms with Crippen LogP contribution in [0.15, 0.2) is 24.3 Å². The van der Waals surface area contributed by atoms with Gasteiger partial charge in [-0.25, -0.2) is 8.42 Å². The molecule has 0 amide bonds. The molecule has 5 heteroatoms. The van der Waals surface area contributed by atoms with E-state index in [1.54, 1.807) is 0 Å². The normalized spacial score (nSPS) is 21.9. The molecule has 0 bridgehead atoms. The van der Waals surface area contributed by atoms with Crippen LogP contribution < -0.4 is 5.73 Å². The van der Waals surface area contributed by atoms with E-state index in [2.05, 4.69) is 17.0 Å². The molecule has 2 N–H and O–H groups in total. The van der Waals surface area contributed by atoms with Crippen LogP contribution >= 0.6 is 0 Å². The highest BCUT2D eigenvalue weighted by Crippen LogP contribution is 2.20. The maximum atomic E-state index is 11.5. The van der Waals surface area contributed by atoms with Crippen LogP contribution in [-0.4, -0.2) is 44.5 Å². The number of hydrogen-bond donors (Lipinski definition) is 1. The lowest BCUT2D eigenvalue weighted by Crippen LogP contribution is -2.32. The Labute approximate surface area is 115 Å². The van der Waals surface area contributed by atoms with Crippen LogP contribution in [0.3, 0.4) is 0 Å². The number of nitrogens with zero attached hydrogens (tertiary/aromatic N) is 1. The third-order valence-corrected chi connectivity index (χ3v) is 5.53. The van der Waals surface area contributed by atoms with Gasteiger partial charge in [0, 0.05) is 12.6 Å². The molecule has 1 fully saturated rings. The summed E-state index contributed by atoms with van der Waals surface area (Å²) in [5.74, 6) is 0.620. The minimum atomic E-state index is -2.81. The maximum absolute atomic E-state index is 11.5. The SMILES string of the molecule is CN(Cc1ccccc1CCN)C1CCS(=O)(=O)C1. The van der Waals surface area contributed by atoms with E-state index >= 15 is 0 Å². The van der Waals surface area contributed by atoms with Crippen LogP contribution in [0.2, 0.25) is 0 Å². The Hall–Kier alpha value is -0.910. The van der Waals surface area contributed by atoms with Crippen LogP contribution in [0.25, 0.3) is 0 Å². The Morgan fingerprint density at radius 3 is 2.58 bits per heavy atom. The Balaban J connectivity index is 2.05. The first-order valence-electron chi connectivity index (χ1n) is 6.69. The van der Waals surface area contributed by atoms with E-state index in [9.17, 15) is 8.42 Å². The summed E-state index contributed by atoms with van der Waals surface area (Å²) in [7, 11) is -0.810. The highest BCUT2D eigenvalue weighted by Gasteiger charge is 2.30. The molecule has 1 aromatic carbocycles. The summed E-state index contributed by atoms with van der Waals surface area (Å²) < 4.78 is 23.0. The molecular weight excluding hydrogens is 260 g/mol. The van der Waals surface area contributed by atoms with Gasteiger partial charge in [-0.05, 0) is 37.6 Å². The molecular formula is C14H22N2O2S. The zero-order valence-electron chi connectivity index (χ0n) is 11.4. The predicted octanol–water partition coefficient (Wildman–Crippen LogP) is 0.807. The van der Waals surface area contributed by atoms with Gasteiger partial charge in [0.05, 0.1) is 11.5 Å². The number of benzene rings is 1. The average Bonchev–Trinajstić information content (AvgIpc) is 2.73. The molecule has 1 atom stereocenters. The van der Waals surface area contributed by atoms with Crippen molar-refractivity contribution in [2.24, 2.45) is 5.73 Å². The Bertz CT molecular complexity index is 528. The molecule has 0 spiro atoms. The Kier molecular flexibility index (Phi) is 4.60. The fraction of sp³-hybridized carbons (Fsp3) is 0.571. The summed E-state index contributed by atoms with van der Waals surface area (Å²) in [6, 6.07) is 8.39. The number of sulfone groups is 1. The second-order valence-corrected chi connectivity index (χ2v) is 7.51. The molecule has 106 valence electrons. The quantitative estimate of drug-likeness (QED) is 0.868. The molecule has 2 rings (SSSR count).